The van der Waals surface area contributed by atoms with Crippen molar-refractivity contribution in [2.75, 3.05) is 26.7 Å². The van der Waals surface area contributed by atoms with Gasteiger partial charge < -0.3 is 5.11 Å². The highest BCUT2D eigenvalue weighted by Crippen LogP contribution is 2.30. The fourth-order valence-corrected chi connectivity index (χ4v) is 3.70. The maximum Gasteiger partial charge on any atom is 0.279 e. The molecule has 0 heterocycles. The second-order valence-electron chi connectivity index (χ2n) is 5.72. The maximum atomic E-state index is 11.9. The van der Waals surface area contributed by atoms with E-state index in [9.17, 15) is 8.42 Å². The summed E-state index contributed by atoms with van der Waals surface area (Å²) in [7, 11) is -1.83. The van der Waals surface area contributed by atoms with Crippen LogP contribution in [0, 0.1) is 11.8 Å². The smallest absolute Gasteiger partial charge is 0.279 e. The van der Waals surface area contributed by atoms with Crippen LogP contribution in [0.3, 0.4) is 0 Å². The lowest BCUT2D eigenvalue weighted by molar-refractivity contribution is 0.269. The van der Waals surface area contributed by atoms with Gasteiger partial charge in [-0.2, -0.15) is 12.7 Å². The van der Waals surface area contributed by atoms with Gasteiger partial charge in [-0.25, -0.2) is 4.72 Å². The average molecular weight is 292 g/mol. The van der Waals surface area contributed by atoms with E-state index in [1.54, 1.807) is 7.05 Å². The Labute approximate surface area is 117 Å². The van der Waals surface area contributed by atoms with Crippen molar-refractivity contribution in [3.8, 4) is 0 Å². The van der Waals surface area contributed by atoms with Gasteiger partial charge in [-0.15, -0.1) is 0 Å². The molecule has 114 valence electrons. The first-order valence-electron chi connectivity index (χ1n) is 7.27. The number of hydrogen-bond acceptors (Lipinski definition) is 3. The number of aliphatic hydroxyl groups is 1. The van der Waals surface area contributed by atoms with Gasteiger partial charge >= 0.3 is 0 Å². The van der Waals surface area contributed by atoms with Gasteiger partial charge in [0.05, 0.1) is 0 Å². The van der Waals surface area contributed by atoms with Gasteiger partial charge in [-0.1, -0.05) is 26.2 Å². The SMILES string of the molecule is CC1CCCC(CCNS(=O)(=O)N(C)CCCO)C1. The number of rotatable bonds is 8. The highest BCUT2D eigenvalue weighted by Gasteiger charge is 2.20. The standard InChI is InChI=1S/C13H28N2O3S/c1-12-5-3-6-13(11-12)7-8-14-19(17,18)15(2)9-4-10-16/h12-14,16H,3-11H2,1-2H3. The summed E-state index contributed by atoms with van der Waals surface area (Å²) in [6.07, 6.45) is 6.44. The number of aliphatic hydroxyl groups excluding tert-OH is 1. The molecule has 0 spiro atoms. The Kier molecular flexibility index (Phi) is 7.28. The van der Waals surface area contributed by atoms with E-state index < -0.39 is 10.2 Å². The summed E-state index contributed by atoms with van der Waals surface area (Å²) in [6, 6.07) is 0. The summed E-state index contributed by atoms with van der Waals surface area (Å²) < 4.78 is 27.7. The van der Waals surface area contributed by atoms with E-state index >= 15 is 0 Å². The van der Waals surface area contributed by atoms with Crippen molar-refractivity contribution in [2.45, 2.75) is 45.4 Å². The van der Waals surface area contributed by atoms with Crippen LogP contribution in [0.2, 0.25) is 0 Å². The van der Waals surface area contributed by atoms with Crippen LogP contribution in [0.4, 0.5) is 0 Å². The Bertz CT molecular complexity index is 346. The minimum Gasteiger partial charge on any atom is -0.396 e. The zero-order valence-corrected chi connectivity index (χ0v) is 13.0. The molecule has 2 atom stereocenters. The van der Waals surface area contributed by atoms with Crippen LogP contribution in [-0.4, -0.2) is 44.6 Å². The summed E-state index contributed by atoms with van der Waals surface area (Å²) in [4.78, 5) is 0. The van der Waals surface area contributed by atoms with Crippen LogP contribution in [-0.2, 0) is 10.2 Å². The molecule has 1 rings (SSSR count). The molecule has 2 unspecified atom stereocenters. The Balaban J connectivity index is 2.27. The van der Waals surface area contributed by atoms with Crippen molar-refractivity contribution in [3.05, 3.63) is 0 Å². The quantitative estimate of drug-likeness (QED) is 0.709. The van der Waals surface area contributed by atoms with E-state index in [1.165, 1.54) is 30.0 Å². The van der Waals surface area contributed by atoms with Gasteiger partial charge in [0.15, 0.2) is 0 Å². The van der Waals surface area contributed by atoms with Gasteiger partial charge in [0.25, 0.3) is 10.2 Å². The topological polar surface area (TPSA) is 69.6 Å². The highest BCUT2D eigenvalue weighted by atomic mass is 32.2. The first kappa shape index (κ1) is 16.9. The molecule has 0 saturated heterocycles. The molecule has 6 heteroatoms. The second kappa shape index (κ2) is 8.19. The molecule has 0 aliphatic heterocycles. The minimum absolute atomic E-state index is 0.0137. The molecular formula is C13H28N2O3S. The Morgan fingerprint density at radius 2 is 2.11 bits per heavy atom. The molecule has 19 heavy (non-hydrogen) atoms. The third kappa shape index (κ3) is 6.21. The molecule has 0 aromatic heterocycles. The molecule has 0 radical (unpaired) electrons. The molecule has 0 aromatic carbocycles. The Hall–Kier alpha value is -0.170. The van der Waals surface area contributed by atoms with Crippen LogP contribution >= 0.6 is 0 Å². The molecule has 0 aromatic rings. The Morgan fingerprint density at radius 1 is 1.37 bits per heavy atom. The van der Waals surface area contributed by atoms with Crippen LogP contribution in [0.15, 0.2) is 0 Å². The normalized spacial score (nSPS) is 24.8. The highest BCUT2D eigenvalue weighted by molar-refractivity contribution is 7.87. The molecule has 1 saturated carbocycles. The van der Waals surface area contributed by atoms with E-state index in [4.69, 9.17) is 5.11 Å². The van der Waals surface area contributed by atoms with E-state index in [0.717, 1.165) is 12.3 Å². The average Bonchev–Trinajstić information content (AvgIpc) is 2.35. The van der Waals surface area contributed by atoms with E-state index in [-0.39, 0.29) is 6.61 Å². The fraction of sp³-hybridized carbons (Fsp3) is 1.00. The zero-order chi connectivity index (χ0) is 14.3. The van der Waals surface area contributed by atoms with Crippen molar-refractivity contribution in [1.29, 1.82) is 0 Å². The van der Waals surface area contributed by atoms with Gasteiger partial charge in [0.2, 0.25) is 0 Å². The predicted molar refractivity (Wildman–Crippen MR) is 77.0 cm³/mol. The van der Waals surface area contributed by atoms with Crippen LogP contribution in [0.25, 0.3) is 0 Å². The third-order valence-corrected chi connectivity index (χ3v) is 5.50. The monoisotopic (exact) mass is 292 g/mol. The maximum absolute atomic E-state index is 11.9. The number of nitrogens with one attached hydrogen (secondary N) is 1. The Morgan fingerprint density at radius 3 is 2.74 bits per heavy atom. The van der Waals surface area contributed by atoms with Crippen LogP contribution < -0.4 is 4.72 Å². The minimum atomic E-state index is -3.37. The lowest BCUT2D eigenvalue weighted by Crippen LogP contribution is -2.39. The molecule has 0 amide bonds. The van der Waals surface area contributed by atoms with E-state index in [0.29, 0.717) is 25.4 Å². The summed E-state index contributed by atoms with van der Waals surface area (Å²) in [5.41, 5.74) is 0. The van der Waals surface area contributed by atoms with E-state index in [2.05, 4.69) is 11.6 Å². The molecule has 2 N–H and O–H groups in total. The molecule has 1 fully saturated rings. The zero-order valence-electron chi connectivity index (χ0n) is 12.1. The molecule has 0 bridgehead atoms. The third-order valence-electron chi connectivity index (χ3n) is 3.92. The lowest BCUT2D eigenvalue weighted by atomic mass is 9.81. The van der Waals surface area contributed by atoms with Gasteiger partial charge in [0, 0.05) is 26.7 Å². The van der Waals surface area contributed by atoms with Crippen molar-refractivity contribution < 1.29 is 13.5 Å². The van der Waals surface area contributed by atoms with Crippen molar-refractivity contribution in [2.24, 2.45) is 11.8 Å². The lowest BCUT2D eigenvalue weighted by Gasteiger charge is -2.27. The number of nitrogens with zero attached hydrogens (tertiary/aromatic N) is 1. The van der Waals surface area contributed by atoms with Gasteiger partial charge in [0.1, 0.15) is 0 Å². The van der Waals surface area contributed by atoms with Crippen LogP contribution in [0.1, 0.15) is 45.4 Å². The first-order valence-corrected chi connectivity index (χ1v) is 8.71. The van der Waals surface area contributed by atoms with Crippen molar-refractivity contribution in [1.82, 2.24) is 9.03 Å². The number of hydrogen-bond donors (Lipinski definition) is 2. The summed E-state index contributed by atoms with van der Waals surface area (Å²) in [5, 5.41) is 8.71. The molecule has 1 aliphatic rings. The molecular weight excluding hydrogens is 264 g/mol. The van der Waals surface area contributed by atoms with Gasteiger partial charge in [-0.05, 0) is 31.1 Å². The van der Waals surface area contributed by atoms with Crippen molar-refractivity contribution in [3.63, 3.8) is 0 Å². The second-order valence-corrected chi connectivity index (χ2v) is 7.59. The molecule has 1 aliphatic carbocycles. The van der Waals surface area contributed by atoms with Gasteiger partial charge in [-0.3, -0.25) is 0 Å². The fourth-order valence-electron chi connectivity index (χ4n) is 2.74. The summed E-state index contributed by atoms with van der Waals surface area (Å²) in [6.45, 7) is 3.16. The summed E-state index contributed by atoms with van der Waals surface area (Å²) >= 11 is 0. The first-order chi connectivity index (χ1) is 8.95. The van der Waals surface area contributed by atoms with Crippen LogP contribution in [0.5, 0.6) is 0 Å². The largest absolute Gasteiger partial charge is 0.396 e. The molecule has 5 nitrogen and oxygen atoms in total. The predicted octanol–water partition coefficient (Wildman–Crippen LogP) is 1.35. The summed E-state index contributed by atoms with van der Waals surface area (Å²) in [5.74, 6) is 1.44. The van der Waals surface area contributed by atoms with E-state index in [1.807, 2.05) is 0 Å². The van der Waals surface area contributed by atoms with Crippen molar-refractivity contribution >= 4 is 10.2 Å².